The minimum atomic E-state index is -0.630. The normalized spacial score (nSPS) is 15.1. The molecule has 1 saturated heterocycles. The molecule has 1 aliphatic heterocycles. The first-order valence-electron chi connectivity index (χ1n) is 13.4. The molecule has 40 heavy (non-hydrogen) atoms. The van der Waals surface area contributed by atoms with Crippen LogP contribution in [0.3, 0.4) is 0 Å². The summed E-state index contributed by atoms with van der Waals surface area (Å²) in [5, 5.41) is 9.57. The molecule has 1 aliphatic rings. The van der Waals surface area contributed by atoms with E-state index in [1.54, 1.807) is 25.1 Å². The number of aliphatic hydroxyl groups excluding tert-OH is 1. The Morgan fingerprint density at radius 3 is 1.88 bits per heavy atom. The van der Waals surface area contributed by atoms with Gasteiger partial charge in [0.15, 0.2) is 23.1 Å². The van der Waals surface area contributed by atoms with Crippen molar-refractivity contribution in [2.75, 3.05) is 20.8 Å². The lowest BCUT2D eigenvalue weighted by Gasteiger charge is -2.20. The predicted octanol–water partition coefficient (Wildman–Crippen LogP) is 6.31. The molecule has 8 heteroatoms. The van der Waals surface area contributed by atoms with E-state index < -0.39 is 23.2 Å². The number of carbonyl (C=O) groups is 2. The fourth-order valence-corrected chi connectivity index (χ4v) is 3.34. The molecule has 0 radical (unpaired) electrons. The first kappa shape index (κ1) is 35.2. The number of methoxy groups -OCH3 is 2. The lowest BCUT2D eigenvalue weighted by atomic mass is 9.85. The largest absolute Gasteiger partial charge is 0.494 e. The van der Waals surface area contributed by atoms with Crippen molar-refractivity contribution in [2.45, 2.75) is 86.9 Å². The highest BCUT2D eigenvalue weighted by molar-refractivity contribution is 5.86. The molecule has 1 heterocycles. The van der Waals surface area contributed by atoms with Crippen LogP contribution in [0, 0.1) is 22.5 Å². The molecule has 0 aliphatic carbocycles. The molecule has 2 unspecified atom stereocenters. The molecule has 3 rings (SSSR count). The predicted molar refractivity (Wildman–Crippen MR) is 153 cm³/mol. The Hall–Kier alpha value is -2.84. The maximum atomic E-state index is 13.8. The summed E-state index contributed by atoms with van der Waals surface area (Å²) >= 11 is 0. The smallest absolute Gasteiger partial charge is 0.165 e. The molecular weight excluding hydrogens is 518 g/mol. The zero-order valence-electron chi connectivity index (χ0n) is 25.6. The molecule has 1 N–H and O–H groups in total. The number of carbonyl (C=O) groups excluding carboxylic acids is 2. The third kappa shape index (κ3) is 12.1. The topological polar surface area (TPSA) is 85.4 Å². The summed E-state index contributed by atoms with van der Waals surface area (Å²) in [6.07, 6.45) is 0.727. The number of rotatable bonds is 8. The van der Waals surface area contributed by atoms with Crippen LogP contribution >= 0.6 is 0 Å². The van der Waals surface area contributed by atoms with E-state index in [1.165, 1.54) is 26.4 Å². The summed E-state index contributed by atoms with van der Waals surface area (Å²) in [7, 11) is 2.80. The van der Waals surface area contributed by atoms with Crippen molar-refractivity contribution in [1.82, 2.24) is 0 Å². The molecule has 0 spiro atoms. The Kier molecular flexibility index (Phi) is 13.4. The van der Waals surface area contributed by atoms with E-state index in [0.717, 1.165) is 12.2 Å². The number of Topliss-reactive ketones (excluding diaryl/α,β-unsaturated/α-hetero) is 2. The van der Waals surface area contributed by atoms with E-state index in [-0.39, 0.29) is 41.3 Å². The molecule has 6 nitrogen and oxygen atoms in total. The zero-order chi connectivity index (χ0) is 30.8. The van der Waals surface area contributed by atoms with Crippen LogP contribution in [0.15, 0.2) is 30.3 Å². The Morgan fingerprint density at radius 1 is 0.950 bits per heavy atom. The first-order chi connectivity index (χ1) is 18.4. The second-order valence-electron chi connectivity index (χ2n) is 12.1. The van der Waals surface area contributed by atoms with Gasteiger partial charge in [0.2, 0.25) is 0 Å². The van der Waals surface area contributed by atoms with Crippen LogP contribution < -0.4 is 9.47 Å². The van der Waals surface area contributed by atoms with E-state index in [4.69, 9.17) is 14.2 Å². The minimum absolute atomic E-state index is 0.0676. The van der Waals surface area contributed by atoms with Crippen LogP contribution in [0.25, 0.3) is 0 Å². The molecular formula is C32H46F2O6. The summed E-state index contributed by atoms with van der Waals surface area (Å²) in [5.74, 6) is -0.395. The average Bonchev–Trinajstić information content (AvgIpc) is 3.63. The van der Waals surface area contributed by atoms with Crippen molar-refractivity contribution in [3.63, 3.8) is 0 Å². The highest BCUT2D eigenvalue weighted by Crippen LogP contribution is 2.30. The highest BCUT2D eigenvalue weighted by Gasteiger charge is 2.25. The highest BCUT2D eigenvalue weighted by atomic mass is 19.1. The number of benzene rings is 2. The van der Waals surface area contributed by atoms with Crippen LogP contribution in [0.2, 0.25) is 0 Å². The van der Waals surface area contributed by atoms with Crippen LogP contribution in [0.4, 0.5) is 8.78 Å². The van der Waals surface area contributed by atoms with Crippen molar-refractivity contribution in [3.05, 3.63) is 58.7 Å². The molecule has 224 valence electrons. The van der Waals surface area contributed by atoms with Crippen LogP contribution in [-0.2, 0) is 33.6 Å². The Balaban J connectivity index is 0.000000356. The van der Waals surface area contributed by atoms with Gasteiger partial charge in [-0.3, -0.25) is 9.59 Å². The van der Waals surface area contributed by atoms with Crippen molar-refractivity contribution in [3.8, 4) is 11.5 Å². The van der Waals surface area contributed by atoms with Gasteiger partial charge in [-0.05, 0) is 43.2 Å². The molecule has 0 saturated carbocycles. The van der Waals surface area contributed by atoms with Crippen LogP contribution in [0.1, 0.15) is 72.1 Å². The van der Waals surface area contributed by atoms with Gasteiger partial charge in [0.1, 0.15) is 11.6 Å². The molecule has 0 aromatic heterocycles. The number of halogens is 2. The van der Waals surface area contributed by atoms with Gasteiger partial charge in [0.25, 0.3) is 0 Å². The van der Waals surface area contributed by atoms with E-state index in [1.807, 2.05) is 41.5 Å². The van der Waals surface area contributed by atoms with Crippen LogP contribution in [0.5, 0.6) is 11.5 Å². The second kappa shape index (κ2) is 15.2. The van der Waals surface area contributed by atoms with Gasteiger partial charge < -0.3 is 19.3 Å². The number of ketones is 2. The second-order valence-corrected chi connectivity index (χ2v) is 12.1. The molecule has 2 aromatic rings. The molecule has 0 bridgehead atoms. The van der Waals surface area contributed by atoms with Crippen molar-refractivity contribution >= 4 is 11.6 Å². The van der Waals surface area contributed by atoms with Gasteiger partial charge in [0, 0.05) is 35.7 Å². The lowest BCUT2D eigenvalue weighted by molar-refractivity contribution is -0.126. The Bertz CT molecular complexity index is 1130. The summed E-state index contributed by atoms with van der Waals surface area (Å²) in [4.78, 5) is 23.9. The first-order valence-corrected chi connectivity index (χ1v) is 13.4. The summed E-state index contributed by atoms with van der Waals surface area (Å²) in [5.41, 5.74) is 1.23. The van der Waals surface area contributed by atoms with Gasteiger partial charge in [-0.15, -0.1) is 0 Å². The number of ether oxygens (including phenoxy) is 3. The maximum Gasteiger partial charge on any atom is 0.165 e. The fourth-order valence-electron chi connectivity index (χ4n) is 3.34. The molecule has 0 amide bonds. The summed E-state index contributed by atoms with van der Waals surface area (Å²) in [6, 6.07) is 7.40. The molecule has 2 aromatic carbocycles. The van der Waals surface area contributed by atoms with E-state index in [2.05, 4.69) is 6.92 Å². The molecule has 1 fully saturated rings. The summed E-state index contributed by atoms with van der Waals surface area (Å²) in [6.45, 7) is 15.8. The number of epoxide rings is 1. The third-order valence-corrected chi connectivity index (χ3v) is 6.12. The number of hydrogen-bond donors (Lipinski definition) is 1. The quantitative estimate of drug-likeness (QED) is 0.378. The van der Waals surface area contributed by atoms with Crippen molar-refractivity contribution in [2.24, 2.45) is 10.8 Å². The Morgan fingerprint density at radius 2 is 1.45 bits per heavy atom. The van der Waals surface area contributed by atoms with Gasteiger partial charge in [-0.1, -0.05) is 53.7 Å². The van der Waals surface area contributed by atoms with E-state index >= 15 is 0 Å². The van der Waals surface area contributed by atoms with E-state index in [0.29, 0.717) is 23.7 Å². The third-order valence-electron chi connectivity index (χ3n) is 6.12. The van der Waals surface area contributed by atoms with Gasteiger partial charge in [-0.2, -0.15) is 0 Å². The number of hydrogen-bond acceptors (Lipinski definition) is 6. The van der Waals surface area contributed by atoms with Gasteiger partial charge >= 0.3 is 0 Å². The summed E-state index contributed by atoms with van der Waals surface area (Å²) < 4.78 is 41.6. The van der Waals surface area contributed by atoms with E-state index in [9.17, 15) is 23.5 Å². The molecule has 2 atom stereocenters. The van der Waals surface area contributed by atoms with Gasteiger partial charge in [0.05, 0.1) is 33.0 Å². The standard InChI is InChI=1S/C16H23FO3.C13H17FO2.C3H6O/c1-10(18)8-12-11(9-14(19)16(2,3)4)6-7-13(17)15(12)20-5;1-13(2,3)12(15)8-9-5-6-10(14)11(7-9)16-4;1-3-2-4-3/h6-7,10,18H,8-9H2,1-5H3;5-7H,8H2,1-4H3;3H,2H2,1H3. The minimum Gasteiger partial charge on any atom is -0.494 e. The zero-order valence-corrected chi connectivity index (χ0v) is 25.6. The van der Waals surface area contributed by atoms with Crippen molar-refractivity contribution in [1.29, 1.82) is 0 Å². The monoisotopic (exact) mass is 564 g/mol. The lowest BCUT2D eigenvalue weighted by Crippen LogP contribution is -2.23. The SMILES string of the molecule is CC1CO1.COc1c(F)ccc(CC(=O)C(C)(C)C)c1CC(C)O.COc1cc(CC(=O)C(C)(C)C)ccc1F. The van der Waals surface area contributed by atoms with Crippen LogP contribution in [-0.4, -0.2) is 49.7 Å². The average molecular weight is 565 g/mol. The number of aliphatic hydroxyl groups is 1. The maximum absolute atomic E-state index is 13.8. The van der Waals surface area contributed by atoms with Crippen molar-refractivity contribution < 1.29 is 37.7 Å². The Labute approximate surface area is 238 Å². The fraction of sp³-hybridized carbons (Fsp3) is 0.562. The van der Waals surface area contributed by atoms with Gasteiger partial charge in [-0.25, -0.2) is 8.78 Å².